The molecule has 2 nitrogen and oxygen atoms in total. The molecule has 1 rings (SSSR count). The summed E-state index contributed by atoms with van der Waals surface area (Å²) < 4.78 is 25.0. The van der Waals surface area contributed by atoms with Crippen LogP contribution in [0.5, 0.6) is 0 Å². The summed E-state index contributed by atoms with van der Waals surface area (Å²) in [6.07, 6.45) is 0.0677. The predicted octanol–water partition coefficient (Wildman–Crippen LogP) is 3.08. The van der Waals surface area contributed by atoms with Gasteiger partial charge in [-0.3, -0.25) is 4.90 Å². The minimum absolute atomic E-state index is 0.0813. The highest BCUT2D eigenvalue weighted by Crippen LogP contribution is 2.21. The summed E-state index contributed by atoms with van der Waals surface area (Å²) in [6.45, 7) is 11.4. The second-order valence-corrected chi connectivity index (χ2v) is 6.01. The van der Waals surface area contributed by atoms with Gasteiger partial charge in [-0.1, -0.05) is 0 Å². The van der Waals surface area contributed by atoms with Gasteiger partial charge in [-0.15, -0.1) is 0 Å². The number of halogens is 2. The molecule has 1 fully saturated rings. The van der Waals surface area contributed by atoms with Gasteiger partial charge in [0.25, 0.3) is 6.43 Å². The third kappa shape index (κ3) is 5.19. The Morgan fingerprint density at radius 3 is 2.06 bits per heavy atom. The number of piperidine rings is 1. The van der Waals surface area contributed by atoms with Crippen molar-refractivity contribution in [3.63, 3.8) is 0 Å². The molecule has 1 aliphatic rings. The Morgan fingerprint density at radius 1 is 1.11 bits per heavy atom. The third-order valence-corrected chi connectivity index (χ3v) is 3.97. The molecular weight excluding hydrogens is 234 g/mol. The van der Waals surface area contributed by atoms with Crippen molar-refractivity contribution in [2.75, 3.05) is 26.2 Å². The molecule has 4 heteroatoms. The third-order valence-electron chi connectivity index (χ3n) is 3.97. The lowest BCUT2D eigenvalue weighted by Crippen LogP contribution is -2.44. The van der Waals surface area contributed by atoms with Crippen molar-refractivity contribution in [1.82, 2.24) is 9.80 Å². The van der Waals surface area contributed by atoms with Gasteiger partial charge in [0.15, 0.2) is 0 Å². The Balaban J connectivity index is 2.37. The van der Waals surface area contributed by atoms with Gasteiger partial charge in [-0.05, 0) is 59.5 Å². The van der Waals surface area contributed by atoms with Crippen molar-refractivity contribution in [2.45, 2.75) is 59.0 Å². The van der Waals surface area contributed by atoms with E-state index < -0.39 is 6.43 Å². The normalized spacial score (nSPS) is 19.7. The van der Waals surface area contributed by atoms with E-state index in [0.29, 0.717) is 12.0 Å². The van der Waals surface area contributed by atoms with Gasteiger partial charge in [0.2, 0.25) is 0 Å². The van der Waals surface area contributed by atoms with E-state index in [-0.39, 0.29) is 12.6 Å². The Labute approximate surface area is 110 Å². The molecule has 0 atom stereocenters. The molecule has 0 spiro atoms. The fourth-order valence-corrected chi connectivity index (χ4v) is 2.66. The van der Waals surface area contributed by atoms with Gasteiger partial charge < -0.3 is 4.90 Å². The standard InChI is InChI=1S/C14H28F2N2/c1-11(2)17-7-5-13(6-8-17)9-18(12(3)4)10-14(15)16/h11-14H,5-10H2,1-4H3. The van der Waals surface area contributed by atoms with E-state index in [1.165, 1.54) is 0 Å². The molecule has 0 aromatic carbocycles. The number of likely N-dealkylation sites (tertiary alicyclic amines) is 1. The van der Waals surface area contributed by atoms with E-state index in [1.807, 2.05) is 18.7 Å². The smallest absolute Gasteiger partial charge is 0.251 e. The summed E-state index contributed by atoms with van der Waals surface area (Å²) >= 11 is 0. The maximum absolute atomic E-state index is 12.5. The lowest BCUT2D eigenvalue weighted by molar-refractivity contribution is 0.0509. The highest BCUT2D eigenvalue weighted by atomic mass is 19.3. The van der Waals surface area contributed by atoms with Gasteiger partial charge in [-0.2, -0.15) is 0 Å². The molecule has 0 N–H and O–H groups in total. The lowest BCUT2D eigenvalue weighted by Gasteiger charge is -2.37. The maximum atomic E-state index is 12.5. The zero-order valence-corrected chi connectivity index (χ0v) is 12.2. The molecule has 1 aliphatic heterocycles. The summed E-state index contributed by atoms with van der Waals surface area (Å²) in [5, 5.41) is 0. The average molecular weight is 262 g/mol. The Bertz CT molecular complexity index is 224. The first-order valence-corrected chi connectivity index (χ1v) is 7.16. The molecule has 1 heterocycles. The van der Waals surface area contributed by atoms with Gasteiger partial charge in [0.1, 0.15) is 0 Å². The van der Waals surface area contributed by atoms with Crippen molar-refractivity contribution >= 4 is 0 Å². The number of hydrogen-bond acceptors (Lipinski definition) is 2. The number of rotatable bonds is 6. The lowest BCUT2D eigenvalue weighted by atomic mass is 9.95. The van der Waals surface area contributed by atoms with Crippen LogP contribution in [-0.2, 0) is 0 Å². The molecule has 18 heavy (non-hydrogen) atoms. The monoisotopic (exact) mass is 262 g/mol. The summed E-state index contributed by atoms with van der Waals surface area (Å²) in [6, 6.07) is 0.815. The van der Waals surface area contributed by atoms with E-state index in [0.717, 1.165) is 32.5 Å². The van der Waals surface area contributed by atoms with E-state index in [1.54, 1.807) is 0 Å². The van der Waals surface area contributed by atoms with Gasteiger partial charge >= 0.3 is 0 Å². The maximum Gasteiger partial charge on any atom is 0.251 e. The van der Waals surface area contributed by atoms with Gasteiger partial charge in [0, 0.05) is 18.6 Å². The van der Waals surface area contributed by atoms with Crippen LogP contribution in [0.2, 0.25) is 0 Å². The van der Waals surface area contributed by atoms with Crippen LogP contribution in [0, 0.1) is 5.92 Å². The van der Waals surface area contributed by atoms with Crippen LogP contribution in [0.15, 0.2) is 0 Å². The average Bonchev–Trinajstić information content (AvgIpc) is 2.28. The fraction of sp³-hybridized carbons (Fsp3) is 1.00. The van der Waals surface area contributed by atoms with Crippen LogP contribution in [0.1, 0.15) is 40.5 Å². The summed E-state index contributed by atoms with van der Waals surface area (Å²) in [5.74, 6) is 0.584. The van der Waals surface area contributed by atoms with Crippen molar-refractivity contribution in [3.8, 4) is 0 Å². The zero-order valence-electron chi connectivity index (χ0n) is 12.2. The molecule has 1 saturated heterocycles. The topological polar surface area (TPSA) is 6.48 Å². The second kappa shape index (κ2) is 7.39. The summed E-state index contributed by atoms with van der Waals surface area (Å²) in [7, 11) is 0. The highest BCUT2D eigenvalue weighted by molar-refractivity contribution is 4.78. The van der Waals surface area contributed by atoms with Crippen molar-refractivity contribution < 1.29 is 8.78 Å². The Hall–Kier alpha value is -0.220. The second-order valence-electron chi connectivity index (χ2n) is 6.01. The number of hydrogen-bond donors (Lipinski definition) is 0. The van der Waals surface area contributed by atoms with Crippen LogP contribution in [0.4, 0.5) is 8.78 Å². The quantitative estimate of drug-likeness (QED) is 0.726. The molecule has 0 unspecified atom stereocenters. The number of nitrogens with zero attached hydrogens (tertiary/aromatic N) is 2. The Kier molecular flexibility index (Phi) is 6.50. The predicted molar refractivity (Wildman–Crippen MR) is 72.1 cm³/mol. The van der Waals surface area contributed by atoms with Crippen LogP contribution >= 0.6 is 0 Å². The first kappa shape index (κ1) is 15.8. The number of alkyl halides is 2. The molecule has 0 aliphatic carbocycles. The molecule has 0 bridgehead atoms. The van der Waals surface area contributed by atoms with Crippen LogP contribution < -0.4 is 0 Å². The van der Waals surface area contributed by atoms with Crippen molar-refractivity contribution in [3.05, 3.63) is 0 Å². The fourth-order valence-electron chi connectivity index (χ4n) is 2.66. The first-order chi connectivity index (χ1) is 8.40. The van der Waals surface area contributed by atoms with Crippen molar-refractivity contribution in [1.29, 1.82) is 0 Å². The summed E-state index contributed by atoms with van der Waals surface area (Å²) in [5.41, 5.74) is 0. The Morgan fingerprint density at radius 2 is 1.67 bits per heavy atom. The van der Waals surface area contributed by atoms with Gasteiger partial charge in [0.05, 0.1) is 6.54 Å². The van der Waals surface area contributed by atoms with Gasteiger partial charge in [-0.25, -0.2) is 8.78 Å². The molecular formula is C14H28F2N2. The van der Waals surface area contributed by atoms with E-state index in [4.69, 9.17) is 0 Å². The SMILES string of the molecule is CC(C)N1CCC(CN(CC(F)F)C(C)C)CC1. The van der Waals surface area contributed by atoms with E-state index >= 15 is 0 Å². The minimum Gasteiger partial charge on any atom is -0.301 e. The van der Waals surface area contributed by atoms with Crippen molar-refractivity contribution in [2.24, 2.45) is 5.92 Å². The zero-order chi connectivity index (χ0) is 13.7. The highest BCUT2D eigenvalue weighted by Gasteiger charge is 2.24. The van der Waals surface area contributed by atoms with E-state index in [9.17, 15) is 8.78 Å². The molecule has 0 aromatic heterocycles. The summed E-state index contributed by atoms with van der Waals surface area (Å²) in [4.78, 5) is 4.41. The van der Waals surface area contributed by atoms with Crippen LogP contribution in [0.3, 0.4) is 0 Å². The minimum atomic E-state index is -2.22. The van der Waals surface area contributed by atoms with E-state index in [2.05, 4.69) is 18.7 Å². The molecule has 0 amide bonds. The molecule has 0 radical (unpaired) electrons. The molecule has 0 saturated carbocycles. The van der Waals surface area contributed by atoms with Crippen LogP contribution in [-0.4, -0.2) is 54.5 Å². The molecule has 0 aromatic rings. The largest absolute Gasteiger partial charge is 0.301 e. The molecule has 108 valence electrons. The van der Waals surface area contributed by atoms with Crippen LogP contribution in [0.25, 0.3) is 0 Å². The first-order valence-electron chi connectivity index (χ1n) is 7.16.